The molecule has 1 aromatic carbocycles. The number of nitrogens with zero attached hydrogens (tertiary/aromatic N) is 1. The van der Waals surface area contributed by atoms with E-state index in [0.29, 0.717) is 18.5 Å². The van der Waals surface area contributed by atoms with Gasteiger partial charge < -0.3 is 10.2 Å². The van der Waals surface area contributed by atoms with Crippen LogP contribution in [0.2, 0.25) is 0 Å². The Balaban J connectivity index is 0.00000161. The highest BCUT2D eigenvalue weighted by Gasteiger charge is 2.47. The molecule has 3 nitrogen and oxygen atoms in total. The molecule has 0 spiro atoms. The fourth-order valence-electron chi connectivity index (χ4n) is 3.00. The summed E-state index contributed by atoms with van der Waals surface area (Å²) in [5.74, 6) is -1.25. The van der Waals surface area contributed by atoms with Gasteiger partial charge in [0, 0.05) is 37.7 Å². The van der Waals surface area contributed by atoms with Gasteiger partial charge in [-0.25, -0.2) is 8.78 Å². The number of hydrogen-bond acceptors (Lipinski definition) is 2. The number of nitrogens with one attached hydrogen (secondary N) is 1. The average Bonchev–Trinajstić information content (AvgIpc) is 3.18. The van der Waals surface area contributed by atoms with Crippen LogP contribution in [-0.2, 0) is 4.79 Å². The van der Waals surface area contributed by atoms with E-state index in [4.69, 9.17) is 0 Å². The molecule has 1 N–H and O–H groups in total. The highest BCUT2D eigenvalue weighted by atomic mass is 35.5. The van der Waals surface area contributed by atoms with E-state index in [9.17, 15) is 13.6 Å². The van der Waals surface area contributed by atoms with Crippen LogP contribution in [0.1, 0.15) is 24.8 Å². The average molecular weight is 317 g/mol. The summed E-state index contributed by atoms with van der Waals surface area (Å²) in [6.45, 7) is 4.32. The summed E-state index contributed by atoms with van der Waals surface area (Å²) in [6, 6.07) is 3.79. The molecule has 0 radical (unpaired) electrons. The molecule has 0 bridgehead atoms. The molecule has 1 heterocycles. The van der Waals surface area contributed by atoms with Crippen molar-refractivity contribution in [3.63, 3.8) is 0 Å². The van der Waals surface area contributed by atoms with Gasteiger partial charge in [0.1, 0.15) is 11.6 Å². The van der Waals surface area contributed by atoms with Crippen LogP contribution < -0.4 is 5.32 Å². The second-order valence-electron chi connectivity index (χ2n) is 5.70. The molecule has 6 heteroatoms. The molecule has 21 heavy (non-hydrogen) atoms. The maximum absolute atomic E-state index is 13.7. The minimum atomic E-state index is -0.578. The minimum absolute atomic E-state index is 0. The van der Waals surface area contributed by atoms with Crippen molar-refractivity contribution in [2.24, 2.45) is 5.92 Å². The first kappa shape index (κ1) is 16.2. The molecule has 2 aliphatic rings. The smallest absolute Gasteiger partial charge is 0.226 e. The van der Waals surface area contributed by atoms with Gasteiger partial charge in [-0.3, -0.25) is 4.79 Å². The first-order valence-electron chi connectivity index (χ1n) is 7.04. The van der Waals surface area contributed by atoms with Crippen LogP contribution in [0.25, 0.3) is 0 Å². The summed E-state index contributed by atoms with van der Waals surface area (Å²) >= 11 is 0. The molecule has 1 aliphatic carbocycles. The maximum Gasteiger partial charge on any atom is 0.226 e. The van der Waals surface area contributed by atoms with E-state index < -0.39 is 11.6 Å². The van der Waals surface area contributed by atoms with Crippen molar-refractivity contribution in [1.82, 2.24) is 10.2 Å². The Kier molecular flexibility index (Phi) is 4.84. The number of halogens is 3. The van der Waals surface area contributed by atoms with Crippen LogP contribution in [0, 0.1) is 17.6 Å². The number of carbonyl (C=O) groups excluding carboxylic acids is 1. The van der Waals surface area contributed by atoms with Crippen molar-refractivity contribution in [2.45, 2.75) is 25.3 Å². The molecular formula is C15H19ClF2N2O. The fourth-order valence-corrected chi connectivity index (χ4v) is 3.00. The van der Waals surface area contributed by atoms with Gasteiger partial charge in [-0.15, -0.1) is 12.4 Å². The Bertz CT molecular complexity index is 540. The molecule has 2 fully saturated rings. The predicted octanol–water partition coefficient (Wildman–Crippen LogP) is 2.31. The van der Waals surface area contributed by atoms with E-state index in [1.165, 1.54) is 12.1 Å². The monoisotopic (exact) mass is 316 g/mol. The summed E-state index contributed by atoms with van der Waals surface area (Å²) < 4.78 is 26.6. The van der Waals surface area contributed by atoms with Gasteiger partial charge in [0.25, 0.3) is 0 Å². The molecule has 116 valence electrons. The lowest BCUT2D eigenvalue weighted by atomic mass is 10.1. The summed E-state index contributed by atoms with van der Waals surface area (Å²) in [5, 5.41) is 3.24. The van der Waals surface area contributed by atoms with Crippen molar-refractivity contribution >= 4 is 18.3 Å². The normalized spacial score (nSPS) is 28.0. The van der Waals surface area contributed by atoms with Gasteiger partial charge in [0.05, 0.1) is 0 Å². The molecule has 1 aliphatic heterocycles. The van der Waals surface area contributed by atoms with Gasteiger partial charge >= 0.3 is 0 Å². The molecule has 1 aromatic rings. The molecule has 3 atom stereocenters. The van der Waals surface area contributed by atoms with Gasteiger partial charge in [-0.2, -0.15) is 0 Å². The standard InChI is InChI=1S/C15H18F2N2O.ClH/c1-9-8-18-4-5-19(9)15(20)13-7-12(13)11-3-2-10(16)6-14(11)17;/h2-3,6,9,12-13,18H,4-5,7-8H2,1H3;1H/t9-,12?,13?;/m1./s1. The lowest BCUT2D eigenvalue weighted by Crippen LogP contribution is -2.52. The molecular weight excluding hydrogens is 298 g/mol. The highest BCUT2D eigenvalue weighted by Crippen LogP contribution is 2.49. The van der Waals surface area contributed by atoms with E-state index in [1.54, 1.807) is 0 Å². The molecule has 0 aromatic heterocycles. The molecule has 1 amide bonds. The second-order valence-corrected chi connectivity index (χ2v) is 5.70. The predicted molar refractivity (Wildman–Crippen MR) is 78.5 cm³/mol. The SMILES string of the molecule is C[C@@H]1CNCCN1C(=O)C1CC1c1ccc(F)cc1F.Cl. The fraction of sp³-hybridized carbons (Fsp3) is 0.533. The topological polar surface area (TPSA) is 32.3 Å². The van der Waals surface area contributed by atoms with Crippen LogP contribution in [0.15, 0.2) is 18.2 Å². The Morgan fingerprint density at radius 1 is 1.38 bits per heavy atom. The zero-order valence-corrected chi connectivity index (χ0v) is 12.6. The Hall–Kier alpha value is -1.20. The van der Waals surface area contributed by atoms with E-state index in [1.807, 2.05) is 11.8 Å². The largest absolute Gasteiger partial charge is 0.337 e. The van der Waals surface area contributed by atoms with Crippen molar-refractivity contribution in [1.29, 1.82) is 0 Å². The Labute approximate surface area is 129 Å². The Morgan fingerprint density at radius 2 is 2.14 bits per heavy atom. The zero-order chi connectivity index (χ0) is 14.3. The summed E-state index contributed by atoms with van der Waals surface area (Å²) in [7, 11) is 0. The summed E-state index contributed by atoms with van der Waals surface area (Å²) in [4.78, 5) is 14.3. The second kappa shape index (κ2) is 6.28. The van der Waals surface area contributed by atoms with Crippen molar-refractivity contribution in [2.75, 3.05) is 19.6 Å². The van der Waals surface area contributed by atoms with E-state index in [-0.39, 0.29) is 36.2 Å². The number of piperazine rings is 1. The van der Waals surface area contributed by atoms with Crippen LogP contribution in [0.5, 0.6) is 0 Å². The van der Waals surface area contributed by atoms with Crippen LogP contribution in [0.3, 0.4) is 0 Å². The summed E-state index contributed by atoms with van der Waals surface area (Å²) in [5.41, 5.74) is 0.465. The maximum atomic E-state index is 13.7. The molecule has 3 rings (SSSR count). The molecule has 1 saturated carbocycles. The number of benzene rings is 1. The van der Waals surface area contributed by atoms with Gasteiger partial charge in [-0.05, 0) is 30.9 Å². The van der Waals surface area contributed by atoms with Gasteiger partial charge in [-0.1, -0.05) is 6.07 Å². The third-order valence-corrected chi connectivity index (χ3v) is 4.25. The van der Waals surface area contributed by atoms with E-state index in [0.717, 1.165) is 19.2 Å². The van der Waals surface area contributed by atoms with Crippen LogP contribution in [0.4, 0.5) is 8.78 Å². The van der Waals surface area contributed by atoms with Crippen molar-refractivity contribution in [3.05, 3.63) is 35.4 Å². The Morgan fingerprint density at radius 3 is 2.81 bits per heavy atom. The quantitative estimate of drug-likeness (QED) is 0.908. The third kappa shape index (κ3) is 3.19. The minimum Gasteiger partial charge on any atom is -0.337 e. The number of amides is 1. The number of hydrogen-bond donors (Lipinski definition) is 1. The van der Waals surface area contributed by atoms with Crippen molar-refractivity contribution in [3.8, 4) is 0 Å². The van der Waals surface area contributed by atoms with Gasteiger partial charge in [0.2, 0.25) is 5.91 Å². The number of rotatable bonds is 2. The highest BCUT2D eigenvalue weighted by molar-refractivity contribution is 5.85. The van der Waals surface area contributed by atoms with Crippen molar-refractivity contribution < 1.29 is 13.6 Å². The third-order valence-electron chi connectivity index (χ3n) is 4.25. The molecule has 1 saturated heterocycles. The first-order valence-corrected chi connectivity index (χ1v) is 7.04. The first-order chi connectivity index (χ1) is 9.58. The van der Waals surface area contributed by atoms with Crippen LogP contribution in [-0.4, -0.2) is 36.5 Å². The van der Waals surface area contributed by atoms with E-state index in [2.05, 4.69) is 5.32 Å². The summed E-state index contributed by atoms with van der Waals surface area (Å²) in [6.07, 6.45) is 0.665. The van der Waals surface area contributed by atoms with Gasteiger partial charge in [0.15, 0.2) is 0 Å². The molecule has 2 unspecified atom stereocenters. The lowest BCUT2D eigenvalue weighted by Gasteiger charge is -2.34. The zero-order valence-electron chi connectivity index (χ0n) is 11.8. The number of carbonyl (C=O) groups is 1. The lowest BCUT2D eigenvalue weighted by molar-refractivity contribution is -0.135. The van der Waals surface area contributed by atoms with E-state index >= 15 is 0 Å². The van der Waals surface area contributed by atoms with Crippen LogP contribution >= 0.6 is 12.4 Å².